The van der Waals surface area contributed by atoms with Crippen molar-refractivity contribution in [3.05, 3.63) is 90.3 Å². The van der Waals surface area contributed by atoms with E-state index in [0.717, 1.165) is 42.0 Å². The summed E-state index contributed by atoms with van der Waals surface area (Å²) in [6.45, 7) is 3.63. The molecule has 4 aromatic rings. The van der Waals surface area contributed by atoms with Gasteiger partial charge in [0.1, 0.15) is 11.6 Å². The Balaban J connectivity index is 1.44. The van der Waals surface area contributed by atoms with Crippen molar-refractivity contribution in [3.63, 3.8) is 0 Å². The Kier molecular flexibility index (Phi) is 7.11. The molecule has 0 saturated carbocycles. The maximum Gasteiger partial charge on any atom is 0.243 e. The van der Waals surface area contributed by atoms with E-state index in [-0.39, 0.29) is 11.4 Å². The van der Waals surface area contributed by atoms with Crippen LogP contribution in [0.15, 0.2) is 83.8 Å². The van der Waals surface area contributed by atoms with E-state index in [1.54, 1.807) is 37.4 Å². The number of rotatable bonds is 10. The van der Waals surface area contributed by atoms with Gasteiger partial charge < -0.3 is 9.30 Å². The lowest BCUT2D eigenvalue weighted by atomic mass is 10.2. The van der Waals surface area contributed by atoms with Crippen molar-refractivity contribution in [1.29, 1.82) is 0 Å². The highest BCUT2D eigenvalue weighted by Crippen LogP contribution is 2.21. The fraction of sp³-hybridized carbons (Fsp3) is 0.269. The maximum absolute atomic E-state index is 13.0. The Hall–Kier alpha value is -3.16. The van der Waals surface area contributed by atoms with Gasteiger partial charge in [-0.1, -0.05) is 48.0 Å². The standard InChI is InChI=1S/C26H29N3O3S/c1-21-14-16-22(17-15-21)32-19-9-8-18-29-25-13-7-6-12-24(25)27-26(29)20-28(2)33(30,31)23-10-4-3-5-11-23/h3-7,10-17H,8-9,18-20H2,1-2H3. The van der Waals surface area contributed by atoms with E-state index in [2.05, 4.69) is 11.5 Å². The molecular formula is C26H29N3O3S. The molecule has 0 atom stereocenters. The van der Waals surface area contributed by atoms with E-state index in [1.807, 2.05) is 48.5 Å². The van der Waals surface area contributed by atoms with Gasteiger partial charge in [-0.25, -0.2) is 13.4 Å². The SMILES string of the molecule is Cc1ccc(OCCCCn2c(CN(C)S(=O)(=O)c3ccccc3)nc3ccccc32)cc1. The fourth-order valence-electron chi connectivity index (χ4n) is 3.75. The Morgan fingerprint density at radius 2 is 1.61 bits per heavy atom. The summed E-state index contributed by atoms with van der Waals surface area (Å²) >= 11 is 0. The summed E-state index contributed by atoms with van der Waals surface area (Å²) in [7, 11) is -2.00. The van der Waals surface area contributed by atoms with Crippen molar-refractivity contribution in [3.8, 4) is 5.75 Å². The number of unbranched alkanes of at least 4 members (excludes halogenated alkanes) is 1. The Bertz CT molecular complexity index is 1300. The monoisotopic (exact) mass is 463 g/mol. The second-order valence-corrected chi connectivity index (χ2v) is 10.2. The first kappa shape index (κ1) is 23.0. The van der Waals surface area contributed by atoms with Crippen LogP contribution in [0.3, 0.4) is 0 Å². The number of nitrogens with zero attached hydrogens (tertiary/aromatic N) is 3. The molecule has 0 radical (unpaired) electrons. The second-order valence-electron chi connectivity index (χ2n) is 8.11. The Morgan fingerprint density at radius 1 is 0.909 bits per heavy atom. The van der Waals surface area contributed by atoms with Crippen LogP contribution >= 0.6 is 0 Å². The normalized spacial score (nSPS) is 11.8. The average molecular weight is 464 g/mol. The first-order valence-electron chi connectivity index (χ1n) is 11.1. The number of hydrogen-bond acceptors (Lipinski definition) is 4. The van der Waals surface area contributed by atoms with Crippen LogP contribution in [0.1, 0.15) is 24.2 Å². The molecule has 1 aromatic heterocycles. The van der Waals surface area contributed by atoms with Gasteiger partial charge >= 0.3 is 0 Å². The van der Waals surface area contributed by atoms with Crippen molar-refractivity contribution >= 4 is 21.1 Å². The molecule has 0 bridgehead atoms. The minimum atomic E-state index is -3.59. The summed E-state index contributed by atoms with van der Waals surface area (Å²) in [4.78, 5) is 5.02. The number of sulfonamides is 1. The predicted molar refractivity (Wildman–Crippen MR) is 131 cm³/mol. The van der Waals surface area contributed by atoms with Crippen LogP contribution in [-0.4, -0.2) is 35.9 Å². The predicted octanol–water partition coefficient (Wildman–Crippen LogP) is 5.02. The van der Waals surface area contributed by atoms with Gasteiger partial charge in [0, 0.05) is 13.6 Å². The molecule has 0 aliphatic rings. The summed E-state index contributed by atoms with van der Waals surface area (Å²) < 4.78 is 35.3. The van der Waals surface area contributed by atoms with Crippen LogP contribution in [-0.2, 0) is 23.1 Å². The zero-order chi connectivity index (χ0) is 23.3. The third-order valence-corrected chi connectivity index (χ3v) is 7.43. The molecule has 172 valence electrons. The molecule has 0 saturated heterocycles. The highest BCUT2D eigenvalue weighted by molar-refractivity contribution is 7.89. The van der Waals surface area contributed by atoms with E-state index in [4.69, 9.17) is 9.72 Å². The number of para-hydroxylation sites is 2. The van der Waals surface area contributed by atoms with Crippen molar-refractivity contribution in [2.24, 2.45) is 0 Å². The number of benzene rings is 3. The van der Waals surface area contributed by atoms with Crippen molar-refractivity contribution in [1.82, 2.24) is 13.9 Å². The summed E-state index contributed by atoms with van der Waals surface area (Å²) in [5.74, 6) is 1.61. The van der Waals surface area contributed by atoms with Gasteiger partial charge in [-0.3, -0.25) is 0 Å². The van der Waals surface area contributed by atoms with Crippen LogP contribution in [0.4, 0.5) is 0 Å². The van der Waals surface area contributed by atoms with E-state index >= 15 is 0 Å². The number of imidazole rings is 1. The van der Waals surface area contributed by atoms with Crippen molar-refractivity contribution in [2.75, 3.05) is 13.7 Å². The molecule has 0 unspecified atom stereocenters. The molecule has 0 aliphatic carbocycles. The number of ether oxygens (including phenoxy) is 1. The van der Waals surface area contributed by atoms with Crippen LogP contribution in [0.2, 0.25) is 0 Å². The summed E-state index contributed by atoms with van der Waals surface area (Å²) in [5.41, 5.74) is 3.09. The minimum absolute atomic E-state index is 0.200. The molecule has 0 spiro atoms. The molecule has 0 aliphatic heterocycles. The third-order valence-electron chi connectivity index (χ3n) is 5.61. The molecule has 0 fully saturated rings. The first-order valence-corrected chi connectivity index (χ1v) is 12.5. The third kappa shape index (κ3) is 5.43. The Labute approximate surface area is 195 Å². The second kappa shape index (κ2) is 10.2. The van der Waals surface area contributed by atoms with Gasteiger partial charge in [0.25, 0.3) is 0 Å². The summed E-state index contributed by atoms with van der Waals surface area (Å²) in [5, 5.41) is 0. The Morgan fingerprint density at radius 3 is 2.36 bits per heavy atom. The van der Waals surface area contributed by atoms with Gasteiger partial charge in [-0.2, -0.15) is 4.31 Å². The van der Waals surface area contributed by atoms with Crippen LogP contribution in [0, 0.1) is 6.92 Å². The molecule has 0 N–H and O–H groups in total. The van der Waals surface area contributed by atoms with Crippen LogP contribution < -0.4 is 4.74 Å². The quantitative estimate of drug-likeness (QED) is 0.310. The first-order chi connectivity index (χ1) is 15.9. The molecule has 6 nitrogen and oxygen atoms in total. The minimum Gasteiger partial charge on any atom is -0.494 e. The van der Waals surface area contributed by atoms with Crippen LogP contribution in [0.25, 0.3) is 11.0 Å². The summed E-state index contributed by atoms with van der Waals surface area (Å²) in [6, 6.07) is 24.5. The zero-order valence-electron chi connectivity index (χ0n) is 19.0. The number of fused-ring (bicyclic) bond motifs is 1. The topological polar surface area (TPSA) is 64.4 Å². The molecule has 7 heteroatoms. The molecule has 3 aromatic carbocycles. The van der Waals surface area contributed by atoms with Gasteiger partial charge in [-0.15, -0.1) is 0 Å². The zero-order valence-corrected chi connectivity index (χ0v) is 19.8. The van der Waals surface area contributed by atoms with E-state index in [9.17, 15) is 8.42 Å². The maximum atomic E-state index is 13.0. The largest absolute Gasteiger partial charge is 0.494 e. The summed E-state index contributed by atoms with van der Waals surface area (Å²) in [6.07, 6.45) is 1.78. The van der Waals surface area contributed by atoms with E-state index in [1.165, 1.54) is 9.87 Å². The molecule has 1 heterocycles. The van der Waals surface area contributed by atoms with Gasteiger partial charge in [0.2, 0.25) is 10.0 Å². The van der Waals surface area contributed by atoms with E-state index < -0.39 is 10.0 Å². The lowest BCUT2D eigenvalue weighted by molar-refractivity contribution is 0.303. The highest BCUT2D eigenvalue weighted by Gasteiger charge is 2.23. The van der Waals surface area contributed by atoms with Gasteiger partial charge in [0.15, 0.2) is 0 Å². The lowest BCUT2D eigenvalue weighted by Gasteiger charge is -2.18. The number of aromatic nitrogens is 2. The molecule has 0 amide bonds. The van der Waals surface area contributed by atoms with Gasteiger partial charge in [-0.05, 0) is 56.2 Å². The van der Waals surface area contributed by atoms with Crippen molar-refractivity contribution < 1.29 is 13.2 Å². The van der Waals surface area contributed by atoms with Gasteiger partial charge in [0.05, 0.1) is 29.1 Å². The number of aryl methyl sites for hydroxylation is 2. The average Bonchev–Trinajstić information content (AvgIpc) is 3.17. The lowest BCUT2D eigenvalue weighted by Crippen LogP contribution is -2.28. The molecular weight excluding hydrogens is 434 g/mol. The van der Waals surface area contributed by atoms with Crippen LogP contribution in [0.5, 0.6) is 5.75 Å². The van der Waals surface area contributed by atoms with Crippen molar-refractivity contribution in [2.45, 2.75) is 37.8 Å². The van der Waals surface area contributed by atoms with E-state index in [0.29, 0.717) is 6.61 Å². The molecule has 4 rings (SSSR count). The number of hydrogen-bond donors (Lipinski definition) is 0. The fourth-order valence-corrected chi connectivity index (χ4v) is 4.90. The highest BCUT2D eigenvalue weighted by atomic mass is 32.2. The molecule has 33 heavy (non-hydrogen) atoms. The smallest absolute Gasteiger partial charge is 0.243 e.